The summed E-state index contributed by atoms with van der Waals surface area (Å²) in [6.45, 7) is 7.23. The van der Waals surface area contributed by atoms with Gasteiger partial charge in [-0.15, -0.1) is 0 Å². The lowest BCUT2D eigenvalue weighted by atomic mass is 9.93. The maximum atomic E-state index is 10.2. The largest absolute Gasteiger partial charge is 0.389 e. The topological polar surface area (TPSA) is 45.2 Å². The van der Waals surface area contributed by atoms with Gasteiger partial charge in [0.1, 0.15) is 0 Å². The molecule has 138 valence electrons. The SMILES string of the molecule is OC(COCC1CCCO1)CN1CCN(C2CC3CCC2C3)CC1. The quantitative estimate of drug-likeness (QED) is 0.759. The van der Waals surface area contributed by atoms with Crippen LogP contribution in [0.2, 0.25) is 0 Å². The Bertz CT molecular complexity index is 394. The molecule has 24 heavy (non-hydrogen) atoms. The molecule has 5 atom stereocenters. The fourth-order valence-electron chi connectivity index (χ4n) is 5.40. The van der Waals surface area contributed by atoms with Crippen molar-refractivity contribution < 1.29 is 14.6 Å². The maximum absolute atomic E-state index is 10.2. The van der Waals surface area contributed by atoms with Gasteiger partial charge in [0, 0.05) is 45.4 Å². The molecule has 4 fully saturated rings. The Morgan fingerprint density at radius 1 is 1.08 bits per heavy atom. The highest BCUT2D eigenvalue weighted by atomic mass is 16.5. The number of β-amino-alcohol motifs (C(OH)–C–C–N with tert-alkyl or cyclic N) is 1. The molecule has 2 heterocycles. The average molecular weight is 338 g/mol. The number of piperazine rings is 1. The van der Waals surface area contributed by atoms with Crippen molar-refractivity contribution in [2.75, 3.05) is 52.5 Å². The van der Waals surface area contributed by atoms with Crippen molar-refractivity contribution in [3.63, 3.8) is 0 Å². The summed E-state index contributed by atoms with van der Waals surface area (Å²) in [6.07, 6.45) is 8.01. The highest BCUT2D eigenvalue weighted by Crippen LogP contribution is 2.46. The number of aliphatic hydroxyl groups is 1. The molecule has 2 saturated heterocycles. The highest BCUT2D eigenvalue weighted by Gasteiger charge is 2.42. The van der Waals surface area contributed by atoms with Crippen LogP contribution in [0, 0.1) is 11.8 Å². The predicted octanol–water partition coefficient (Wildman–Crippen LogP) is 1.35. The molecule has 2 saturated carbocycles. The van der Waals surface area contributed by atoms with Crippen molar-refractivity contribution in [3.05, 3.63) is 0 Å². The van der Waals surface area contributed by atoms with Gasteiger partial charge in [-0.3, -0.25) is 9.80 Å². The Morgan fingerprint density at radius 3 is 2.62 bits per heavy atom. The zero-order valence-corrected chi connectivity index (χ0v) is 14.9. The van der Waals surface area contributed by atoms with E-state index in [0.29, 0.717) is 13.2 Å². The minimum atomic E-state index is -0.375. The van der Waals surface area contributed by atoms with E-state index in [1.54, 1.807) is 0 Å². The van der Waals surface area contributed by atoms with E-state index in [1.807, 2.05) is 0 Å². The molecule has 0 aromatic rings. The molecule has 0 amide bonds. The van der Waals surface area contributed by atoms with Crippen LogP contribution in [-0.4, -0.2) is 85.7 Å². The minimum Gasteiger partial charge on any atom is -0.389 e. The summed E-state index contributed by atoms with van der Waals surface area (Å²) < 4.78 is 11.2. The van der Waals surface area contributed by atoms with Gasteiger partial charge in [0.2, 0.25) is 0 Å². The normalized spacial score (nSPS) is 38.9. The van der Waals surface area contributed by atoms with Gasteiger partial charge in [-0.25, -0.2) is 0 Å². The molecule has 0 aromatic heterocycles. The molecular formula is C19H34N2O3. The number of rotatable bonds is 7. The Balaban J connectivity index is 1.11. The predicted molar refractivity (Wildman–Crippen MR) is 93.0 cm³/mol. The first kappa shape index (κ1) is 17.2. The lowest BCUT2D eigenvalue weighted by Gasteiger charge is -2.41. The van der Waals surface area contributed by atoms with Crippen molar-refractivity contribution in [1.82, 2.24) is 9.80 Å². The summed E-state index contributed by atoms with van der Waals surface area (Å²) in [5.74, 6) is 2.01. The molecule has 1 N–H and O–H groups in total. The van der Waals surface area contributed by atoms with E-state index < -0.39 is 0 Å². The van der Waals surface area contributed by atoms with Crippen molar-refractivity contribution in [2.24, 2.45) is 11.8 Å². The third kappa shape index (κ3) is 4.13. The third-order valence-corrected chi connectivity index (χ3v) is 6.68. The fourth-order valence-corrected chi connectivity index (χ4v) is 5.40. The summed E-state index contributed by atoms with van der Waals surface area (Å²) in [6, 6.07) is 0.866. The first-order chi connectivity index (χ1) is 11.8. The van der Waals surface area contributed by atoms with Crippen LogP contribution in [0.1, 0.15) is 38.5 Å². The van der Waals surface area contributed by atoms with Gasteiger partial charge in [0.05, 0.1) is 25.4 Å². The number of hydrogen-bond donors (Lipinski definition) is 1. The zero-order chi connectivity index (χ0) is 16.4. The van der Waals surface area contributed by atoms with Crippen LogP contribution < -0.4 is 0 Å². The van der Waals surface area contributed by atoms with E-state index in [4.69, 9.17) is 9.47 Å². The third-order valence-electron chi connectivity index (χ3n) is 6.68. The van der Waals surface area contributed by atoms with Crippen LogP contribution >= 0.6 is 0 Å². The zero-order valence-electron chi connectivity index (χ0n) is 14.9. The molecule has 5 heteroatoms. The van der Waals surface area contributed by atoms with Crippen LogP contribution in [0.15, 0.2) is 0 Å². The van der Waals surface area contributed by atoms with Crippen LogP contribution in [-0.2, 0) is 9.47 Å². The van der Waals surface area contributed by atoms with Crippen molar-refractivity contribution in [2.45, 2.75) is 56.8 Å². The molecule has 4 rings (SSSR count). The van der Waals surface area contributed by atoms with Crippen LogP contribution in [0.25, 0.3) is 0 Å². The Labute approximate surface area is 146 Å². The first-order valence-electron chi connectivity index (χ1n) is 10.1. The second-order valence-electron chi connectivity index (χ2n) is 8.41. The summed E-state index contributed by atoms with van der Waals surface area (Å²) in [4.78, 5) is 5.14. The molecule has 4 aliphatic rings. The van der Waals surface area contributed by atoms with E-state index >= 15 is 0 Å². The fraction of sp³-hybridized carbons (Fsp3) is 1.00. The van der Waals surface area contributed by atoms with Crippen molar-refractivity contribution in [3.8, 4) is 0 Å². The second kappa shape index (κ2) is 8.00. The number of ether oxygens (including phenoxy) is 2. The molecule has 0 spiro atoms. The highest BCUT2D eigenvalue weighted by molar-refractivity contribution is 4.96. The van der Waals surface area contributed by atoms with Gasteiger partial charge in [-0.2, -0.15) is 0 Å². The lowest BCUT2D eigenvalue weighted by molar-refractivity contribution is -0.0307. The summed E-state index contributed by atoms with van der Waals surface area (Å²) in [5, 5.41) is 10.2. The van der Waals surface area contributed by atoms with Crippen LogP contribution in [0.5, 0.6) is 0 Å². The van der Waals surface area contributed by atoms with Gasteiger partial charge in [0.25, 0.3) is 0 Å². The molecule has 5 nitrogen and oxygen atoms in total. The Hall–Kier alpha value is -0.200. The molecule has 0 radical (unpaired) electrons. The van der Waals surface area contributed by atoms with Gasteiger partial charge in [-0.1, -0.05) is 6.42 Å². The molecule has 5 unspecified atom stereocenters. The van der Waals surface area contributed by atoms with Crippen LogP contribution in [0.4, 0.5) is 0 Å². The van der Waals surface area contributed by atoms with Gasteiger partial charge >= 0.3 is 0 Å². The summed E-state index contributed by atoms with van der Waals surface area (Å²) in [7, 11) is 0. The summed E-state index contributed by atoms with van der Waals surface area (Å²) >= 11 is 0. The maximum Gasteiger partial charge on any atom is 0.0900 e. The molecule has 2 aliphatic heterocycles. The monoisotopic (exact) mass is 338 g/mol. The van der Waals surface area contributed by atoms with E-state index in [9.17, 15) is 5.11 Å². The number of hydrogen-bond acceptors (Lipinski definition) is 5. The standard InChI is InChI=1S/C19H34N2O3/c22-17(13-23-14-18-2-1-9-24-18)12-20-5-7-21(8-6-20)19-11-15-3-4-16(19)10-15/h15-19,22H,1-14H2. The van der Waals surface area contributed by atoms with Gasteiger partial charge in [-0.05, 0) is 43.9 Å². The number of aliphatic hydroxyl groups excluding tert-OH is 1. The van der Waals surface area contributed by atoms with E-state index in [-0.39, 0.29) is 12.2 Å². The van der Waals surface area contributed by atoms with E-state index in [0.717, 1.165) is 57.0 Å². The van der Waals surface area contributed by atoms with Crippen molar-refractivity contribution in [1.29, 1.82) is 0 Å². The molecule has 2 aliphatic carbocycles. The molecular weight excluding hydrogens is 304 g/mol. The second-order valence-corrected chi connectivity index (χ2v) is 8.41. The molecule has 2 bridgehead atoms. The number of nitrogens with zero attached hydrogens (tertiary/aromatic N) is 2. The number of fused-ring (bicyclic) bond motifs is 2. The van der Waals surface area contributed by atoms with Crippen molar-refractivity contribution >= 4 is 0 Å². The minimum absolute atomic E-state index is 0.252. The van der Waals surface area contributed by atoms with E-state index in [1.165, 1.54) is 38.8 Å². The Kier molecular flexibility index (Phi) is 5.74. The summed E-state index contributed by atoms with van der Waals surface area (Å²) in [5.41, 5.74) is 0. The van der Waals surface area contributed by atoms with E-state index in [2.05, 4.69) is 9.80 Å². The van der Waals surface area contributed by atoms with Gasteiger partial charge < -0.3 is 14.6 Å². The molecule has 0 aromatic carbocycles. The van der Waals surface area contributed by atoms with Gasteiger partial charge in [0.15, 0.2) is 0 Å². The smallest absolute Gasteiger partial charge is 0.0900 e. The lowest BCUT2D eigenvalue weighted by Crippen LogP contribution is -2.53. The average Bonchev–Trinajstić information content (AvgIpc) is 3.33. The first-order valence-corrected chi connectivity index (χ1v) is 10.1. The van der Waals surface area contributed by atoms with Crippen LogP contribution in [0.3, 0.4) is 0 Å². The Morgan fingerprint density at radius 2 is 1.96 bits per heavy atom.